The lowest BCUT2D eigenvalue weighted by molar-refractivity contribution is -0.129. The minimum atomic E-state index is -0.626. The third-order valence-corrected chi connectivity index (χ3v) is 5.30. The fourth-order valence-electron chi connectivity index (χ4n) is 2.26. The average Bonchev–Trinajstić information content (AvgIpc) is 3.12. The molecule has 2 rings (SSSR count). The van der Waals surface area contributed by atoms with E-state index in [1.165, 1.54) is 16.2 Å². The summed E-state index contributed by atoms with van der Waals surface area (Å²) in [7, 11) is 0. The van der Waals surface area contributed by atoms with Crippen LogP contribution in [0.5, 0.6) is 0 Å². The van der Waals surface area contributed by atoms with E-state index in [0.717, 1.165) is 10.4 Å². The Balaban J connectivity index is 1.90. The van der Waals surface area contributed by atoms with Gasteiger partial charge in [-0.1, -0.05) is 32.0 Å². The normalized spacial score (nSPS) is 12.3. The van der Waals surface area contributed by atoms with Gasteiger partial charge in [0.2, 0.25) is 5.91 Å². The van der Waals surface area contributed by atoms with E-state index < -0.39 is 6.04 Å². The third-order valence-electron chi connectivity index (χ3n) is 3.68. The number of rotatable bonds is 8. The maximum atomic E-state index is 12.4. The van der Waals surface area contributed by atoms with E-state index in [4.69, 9.17) is 0 Å². The minimum absolute atomic E-state index is 0.0432. The molecule has 2 aromatic rings. The second-order valence-electron chi connectivity index (χ2n) is 6.05. The number of thiophene rings is 1. The molecule has 0 radical (unpaired) electrons. The number of thioether (sulfide) groups is 1. The average molecular weight is 390 g/mol. The van der Waals surface area contributed by atoms with Crippen molar-refractivity contribution in [2.24, 2.45) is 11.0 Å². The van der Waals surface area contributed by atoms with E-state index in [0.29, 0.717) is 0 Å². The van der Waals surface area contributed by atoms with Crippen LogP contribution in [0.2, 0.25) is 0 Å². The van der Waals surface area contributed by atoms with Gasteiger partial charge in [-0.15, -0.1) is 23.1 Å². The van der Waals surface area contributed by atoms with Gasteiger partial charge < -0.3 is 5.32 Å². The minimum Gasteiger partial charge on any atom is -0.344 e. The lowest BCUT2D eigenvalue weighted by Gasteiger charge is -2.20. The summed E-state index contributed by atoms with van der Waals surface area (Å²) in [5.74, 6) is -0.534. The van der Waals surface area contributed by atoms with Crippen LogP contribution in [-0.4, -0.2) is 30.3 Å². The highest BCUT2D eigenvalue weighted by molar-refractivity contribution is 7.98. The van der Waals surface area contributed by atoms with E-state index in [2.05, 4.69) is 15.8 Å². The molecular weight excluding hydrogens is 366 g/mol. The molecule has 0 saturated carbocycles. The Bertz CT molecular complexity index is 741. The molecule has 0 bridgehead atoms. The summed E-state index contributed by atoms with van der Waals surface area (Å²) in [6, 6.07) is 11.0. The first kappa shape index (κ1) is 20.2. The molecule has 26 heavy (non-hydrogen) atoms. The van der Waals surface area contributed by atoms with Crippen LogP contribution in [0.15, 0.2) is 51.8 Å². The second kappa shape index (κ2) is 10.1. The lowest BCUT2D eigenvalue weighted by Crippen LogP contribution is -2.49. The van der Waals surface area contributed by atoms with Gasteiger partial charge in [0.1, 0.15) is 6.04 Å². The summed E-state index contributed by atoms with van der Waals surface area (Å²) >= 11 is 3.19. The van der Waals surface area contributed by atoms with Crippen molar-refractivity contribution in [1.82, 2.24) is 10.7 Å². The fourth-order valence-corrected chi connectivity index (χ4v) is 3.37. The summed E-state index contributed by atoms with van der Waals surface area (Å²) in [6.07, 6.45) is 3.88. The quantitative estimate of drug-likeness (QED) is 0.413. The number of hydrazone groups is 1. The Labute approximate surface area is 162 Å². The zero-order valence-corrected chi connectivity index (χ0v) is 16.7. The first-order valence-corrected chi connectivity index (χ1v) is 10.4. The van der Waals surface area contributed by atoms with Crippen LogP contribution >= 0.6 is 23.1 Å². The van der Waals surface area contributed by atoms with E-state index in [1.54, 1.807) is 18.0 Å². The summed E-state index contributed by atoms with van der Waals surface area (Å²) < 4.78 is 0. The highest BCUT2D eigenvalue weighted by Crippen LogP contribution is 2.14. The van der Waals surface area contributed by atoms with Gasteiger partial charge in [-0.25, -0.2) is 5.43 Å². The monoisotopic (exact) mass is 389 g/mol. The summed E-state index contributed by atoms with van der Waals surface area (Å²) in [6.45, 7) is 3.78. The zero-order chi connectivity index (χ0) is 18.9. The van der Waals surface area contributed by atoms with Crippen LogP contribution in [0.3, 0.4) is 0 Å². The Morgan fingerprint density at radius 1 is 1.23 bits per heavy atom. The smallest absolute Gasteiger partial charge is 0.262 e. The number of amides is 2. The molecule has 1 aromatic heterocycles. The Hall–Kier alpha value is -2.12. The van der Waals surface area contributed by atoms with E-state index in [-0.39, 0.29) is 24.2 Å². The molecule has 2 N–H and O–H groups in total. The van der Waals surface area contributed by atoms with Crippen molar-refractivity contribution in [3.05, 3.63) is 52.2 Å². The number of carbonyl (C=O) groups excluding carboxylic acids is 2. The number of benzene rings is 1. The predicted molar refractivity (Wildman–Crippen MR) is 109 cm³/mol. The predicted octanol–water partition coefficient (Wildman–Crippen LogP) is 3.30. The maximum Gasteiger partial charge on any atom is 0.262 e. The van der Waals surface area contributed by atoms with Crippen molar-refractivity contribution in [1.29, 1.82) is 0 Å². The van der Waals surface area contributed by atoms with E-state index in [9.17, 15) is 9.59 Å². The van der Waals surface area contributed by atoms with Crippen molar-refractivity contribution in [3.63, 3.8) is 0 Å². The SMILES string of the molecule is CSc1ccc(/C=N\NC(=O)C(NC(=O)Cc2cccs2)C(C)C)cc1. The van der Waals surface area contributed by atoms with Gasteiger partial charge in [0.05, 0.1) is 12.6 Å². The Morgan fingerprint density at radius 2 is 1.96 bits per heavy atom. The molecule has 0 aliphatic carbocycles. The Morgan fingerprint density at radius 3 is 2.54 bits per heavy atom. The molecule has 5 nitrogen and oxygen atoms in total. The highest BCUT2D eigenvalue weighted by atomic mass is 32.2. The Kier molecular flexibility index (Phi) is 7.87. The molecule has 1 unspecified atom stereocenters. The van der Waals surface area contributed by atoms with Crippen LogP contribution in [-0.2, 0) is 16.0 Å². The fraction of sp³-hybridized carbons (Fsp3) is 0.316. The maximum absolute atomic E-state index is 12.4. The van der Waals surface area contributed by atoms with Crippen LogP contribution in [0, 0.1) is 5.92 Å². The first-order valence-electron chi connectivity index (χ1n) is 8.28. The molecule has 0 saturated heterocycles. The van der Waals surface area contributed by atoms with Crippen molar-refractivity contribution >= 4 is 41.1 Å². The standard InChI is InChI=1S/C19H23N3O2S2/c1-13(2)18(21-17(23)11-16-5-4-10-26-16)19(24)22-20-12-14-6-8-15(25-3)9-7-14/h4-10,12-13,18H,11H2,1-3H3,(H,21,23)(H,22,24)/b20-12-. The molecule has 0 aliphatic rings. The van der Waals surface area contributed by atoms with Gasteiger partial charge >= 0.3 is 0 Å². The van der Waals surface area contributed by atoms with Crippen molar-refractivity contribution in [2.75, 3.05) is 6.26 Å². The number of carbonyl (C=O) groups is 2. The van der Waals surface area contributed by atoms with E-state index >= 15 is 0 Å². The largest absolute Gasteiger partial charge is 0.344 e. The third kappa shape index (κ3) is 6.31. The van der Waals surface area contributed by atoms with Crippen LogP contribution in [0.25, 0.3) is 0 Å². The molecular formula is C19H23N3O2S2. The van der Waals surface area contributed by atoms with Crippen LogP contribution in [0.1, 0.15) is 24.3 Å². The van der Waals surface area contributed by atoms with Crippen molar-refractivity contribution in [3.8, 4) is 0 Å². The van der Waals surface area contributed by atoms with Gasteiger partial charge in [0.15, 0.2) is 0 Å². The molecule has 7 heteroatoms. The summed E-state index contributed by atoms with van der Waals surface area (Å²) in [5, 5.41) is 8.73. The van der Waals surface area contributed by atoms with Crippen LogP contribution < -0.4 is 10.7 Å². The number of hydrogen-bond acceptors (Lipinski definition) is 5. The molecule has 0 fully saturated rings. The molecule has 1 aromatic carbocycles. The van der Waals surface area contributed by atoms with Crippen molar-refractivity contribution < 1.29 is 9.59 Å². The van der Waals surface area contributed by atoms with Crippen LogP contribution in [0.4, 0.5) is 0 Å². The molecule has 0 spiro atoms. The van der Waals surface area contributed by atoms with Gasteiger partial charge in [0, 0.05) is 9.77 Å². The van der Waals surface area contributed by atoms with E-state index in [1.807, 2.05) is 61.9 Å². The number of nitrogens with zero attached hydrogens (tertiary/aromatic N) is 1. The lowest BCUT2D eigenvalue weighted by atomic mass is 10.0. The van der Waals surface area contributed by atoms with Gasteiger partial charge in [-0.3, -0.25) is 9.59 Å². The van der Waals surface area contributed by atoms with Crippen molar-refractivity contribution in [2.45, 2.75) is 31.2 Å². The summed E-state index contributed by atoms with van der Waals surface area (Å²) in [5.41, 5.74) is 3.41. The molecule has 1 heterocycles. The number of nitrogens with one attached hydrogen (secondary N) is 2. The molecule has 2 amide bonds. The molecule has 138 valence electrons. The zero-order valence-electron chi connectivity index (χ0n) is 15.1. The molecule has 1 atom stereocenters. The molecule has 0 aliphatic heterocycles. The second-order valence-corrected chi connectivity index (χ2v) is 7.96. The summed E-state index contributed by atoms with van der Waals surface area (Å²) in [4.78, 5) is 26.7. The van der Waals surface area contributed by atoms with Gasteiger partial charge in [-0.05, 0) is 41.3 Å². The van der Waals surface area contributed by atoms with Gasteiger partial charge in [-0.2, -0.15) is 5.10 Å². The topological polar surface area (TPSA) is 70.6 Å². The van der Waals surface area contributed by atoms with Gasteiger partial charge in [0.25, 0.3) is 5.91 Å². The number of hydrogen-bond donors (Lipinski definition) is 2. The highest BCUT2D eigenvalue weighted by Gasteiger charge is 2.24. The first-order chi connectivity index (χ1) is 12.5.